The van der Waals surface area contributed by atoms with Crippen LogP contribution in [0.4, 0.5) is 0 Å². The Labute approximate surface area is 131 Å². The lowest BCUT2D eigenvalue weighted by molar-refractivity contribution is 0.208. The van der Waals surface area contributed by atoms with Crippen molar-refractivity contribution < 1.29 is 0 Å². The molecule has 0 amide bonds. The molecule has 0 spiro atoms. The van der Waals surface area contributed by atoms with Gasteiger partial charge in [0.1, 0.15) is 0 Å². The number of likely N-dealkylation sites (N-methyl/N-ethyl adjacent to an activating group) is 2. The van der Waals surface area contributed by atoms with Gasteiger partial charge >= 0.3 is 0 Å². The maximum Gasteiger partial charge on any atom is 0.0452 e. The van der Waals surface area contributed by atoms with Gasteiger partial charge < -0.3 is 10.2 Å². The molecular weight excluding hydrogens is 256 g/mol. The van der Waals surface area contributed by atoms with E-state index in [2.05, 4.69) is 78.0 Å². The summed E-state index contributed by atoms with van der Waals surface area (Å²) >= 11 is 0. The minimum absolute atomic E-state index is 0.394. The van der Waals surface area contributed by atoms with E-state index in [1.807, 2.05) is 0 Å². The lowest BCUT2D eigenvalue weighted by atomic mass is 9.93. The van der Waals surface area contributed by atoms with Gasteiger partial charge in [-0.3, -0.25) is 0 Å². The first-order valence-corrected chi connectivity index (χ1v) is 8.21. The Balaban J connectivity index is 2.89. The quantitative estimate of drug-likeness (QED) is 0.808. The van der Waals surface area contributed by atoms with Crippen LogP contribution < -0.4 is 5.32 Å². The molecule has 0 aromatic heterocycles. The van der Waals surface area contributed by atoms with Gasteiger partial charge in [-0.1, -0.05) is 31.5 Å². The molecule has 1 aromatic carbocycles. The molecule has 0 heterocycles. The number of hydrogen-bond donors (Lipinski definition) is 1. The van der Waals surface area contributed by atoms with Crippen molar-refractivity contribution in [3.05, 3.63) is 34.4 Å². The first-order valence-electron chi connectivity index (χ1n) is 8.21. The molecule has 0 bridgehead atoms. The molecule has 2 nitrogen and oxygen atoms in total. The van der Waals surface area contributed by atoms with E-state index in [1.54, 1.807) is 0 Å². The highest BCUT2D eigenvalue weighted by Gasteiger charge is 2.19. The van der Waals surface area contributed by atoms with Gasteiger partial charge in [-0.15, -0.1) is 0 Å². The summed E-state index contributed by atoms with van der Waals surface area (Å²) < 4.78 is 0. The average molecular weight is 290 g/mol. The smallest absolute Gasteiger partial charge is 0.0452 e. The van der Waals surface area contributed by atoms with E-state index in [4.69, 9.17) is 0 Å². The molecule has 0 radical (unpaired) electrons. The summed E-state index contributed by atoms with van der Waals surface area (Å²) in [6.07, 6.45) is 1.25. The fourth-order valence-corrected chi connectivity index (χ4v) is 3.40. The zero-order chi connectivity index (χ0) is 16.2. The highest BCUT2D eigenvalue weighted by molar-refractivity contribution is 5.39. The monoisotopic (exact) mass is 290 g/mol. The van der Waals surface area contributed by atoms with Crippen LogP contribution >= 0.6 is 0 Å². The van der Waals surface area contributed by atoms with E-state index >= 15 is 0 Å². The van der Waals surface area contributed by atoms with Crippen LogP contribution in [0.15, 0.2) is 12.1 Å². The SMILES string of the molecule is CNC(CN(C)C(C)CC(C)C)c1c(C)cc(C)cc1C. The summed E-state index contributed by atoms with van der Waals surface area (Å²) in [6.45, 7) is 14.6. The maximum atomic E-state index is 3.52. The summed E-state index contributed by atoms with van der Waals surface area (Å²) in [7, 11) is 4.32. The molecule has 0 saturated heterocycles. The Morgan fingerprint density at radius 1 is 1.05 bits per heavy atom. The first-order chi connectivity index (χ1) is 9.76. The summed E-state index contributed by atoms with van der Waals surface area (Å²) in [5, 5.41) is 3.52. The fourth-order valence-electron chi connectivity index (χ4n) is 3.40. The van der Waals surface area contributed by atoms with Gasteiger partial charge in [0.25, 0.3) is 0 Å². The number of aryl methyl sites for hydroxylation is 3. The Hall–Kier alpha value is -0.860. The van der Waals surface area contributed by atoms with E-state index in [9.17, 15) is 0 Å². The summed E-state index contributed by atoms with van der Waals surface area (Å²) in [4.78, 5) is 2.49. The van der Waals surface area contributed by atoms with Crippen molar-refractivity contribution in [2.45, 2.75) is 60.0 Å². The summed E-state index contributed by atoms with van der Waals surface area (Å²) in [5.41, 5.74) is 5.62. The predicted molar refractivity (Wildman–Crippen MR) is 94.0 cm³/mol. The van der Waals surface area contributed by atoms with Gasteiger partial charge in [0.05, 0.1) is 0 Å². The van der Waals surface area contributed by atoms with E-state index in [0.717, 1.165) is 12.5 Å². The normalized spacial score (nSPS) is 14.8. The third-order valence-corrected chi connectivity index (χ3v) is 4.47. The van der Waals surface area contributed by atoms with Gasteiger partial charge in [-0.05, 0) is 70.8 Å². The predicted octanol–water partition coefficient (Wildman–Crippen LogP) is 4.24. The van der Waals surface area contributed by atoms with Crippen LogP contribution in [0.3, 0.4) is 0 Å². The number of rotatable bonds is 7. The van der Waals surface area contributed by atoms with Crippen molar-refractivity contribution >= 4 is 0 Å². The molecule has 21 heavy (non-hydrogen) atoms. The van der Waals surface area contributed by atoms with Crippen LogP contribution in [0.5, 0.6) is 0 Å². The lowest BCUT2D eigenvalue weighted by Gasteiger charge is -2.31. The highest BCUT2D eigenvalue weighted by Crippen LogP contribution is 2.25. The average Bonchev–Trinajstić information content (AvgIpc) is 2.35. The van der Waals surface area contributed by atoms with Gasteiger partial charge in [-0.2, -0.15) is 0 Å². The largest absolute Gasteiger partial charge is 0.312 e. The van der Waals surface area contributed by atoms with E-state index < -0.39 is 0 Å². The summed E-state index contributed by atoms with van der Waals surface area (Å²) in [6, 6.07) is 5.60. The van der Waals surface area contributed by atoms with Gasteiger partial charge in [0.15, 0.2) is 0 Å². The van der Waals surface area contributed by atoms with Crippen molar-refractivity contribution in [1.82, 2.24) is 10.2 Å². The zero-order valence-electron chi connectivity index (χ0n) is 15.2. The molecule has 0 aliphatic carbocycles. The van der Waals surface area contributed by atoms with Crippen molar-refractivity contribution in [3.63, 3.8) is 0 Å². The molecule has 1 N–H and O–H groups in total. The van der Waals surface area contributed by atoms with E-state index in [1.165, 1.54) is 28.7 Å². The van der Waals surface area contributed by atoms with Crippen LogP contribution in [0, 0.1) is 26.7 Å². The molecule has 2 unspecified atom stereocenters. The topological polar surface area (TPSA) is 15.3 Å². The number of benzene rings is 1. The van der Waals surface area contributed by atoms with Gasteiger partial charge in [0, 0.05) is 18.6 Å². The molecule has 2 atom stereocenters. The summed E-state index contributed by atoms with van der Waals surface area (Å²) in [5.74, 6) is 0.748. The molecular formula is C19H34N2. The van der Waals surface area contributed by atoms with Gasteiger partial charge in [-0.25, -0.2) is 0 Å². The standard InChI is InChI=1S/C19H34N2/c1-13(2)9-17(6)21(8)12-18(20-7)19-15(4)10-14(3)11-16(19)5/h10-11,13,17-18,20H,9,12H2,1-8H3. The Morgan fingerprint density at radius 3 is 2.00 bits per heavy atom. The molecule has 120 valence electrons. The number of hydrogen-bond acceptors (Lipinski definition) is 2. The van der Waals surface area contributed by atoms with Crippen LogP contribution in [-0.2, 0) is 0 Å². The van der Waals surface area contributed by atoms with E-state index in [0.29, 0.717) is 12.1 Å². The lowest BCUT2D eigenvalue weighted by Crippen LogP contribution is -2.37. The highest BCUT2D eigenvalue weighted by atomic mass is 15.1. The number of nitrogens with one attached hydrogen (secondary N) is 1. The Kier molecular flexibility index (Phi) is 6.89. The van der Waals surface area contributed by atoms with Gasteiger partial charge in [0.2, 0.25) is 0 Å². The van der Waals surface area contributed by atoms with Crippen LogP contribution in [0.25, 0.3) is 0 Å². The zero-order valence-corrected chi connectivity index (χ0v) is 15.2. The fraction of sp³-hybridized carbons (Fsp3) is 0.684. The number of nitrogens with zero attached hydrogens (tertiary/aromatic N) is 1. The van der Waals surface area contributed by atoms with Crippen molar-refractivity contribution in [2.75, 3.05) is 20.6 Å². The second-order valence-electron chi connectivity index (χ2n) is 7.07. The molecule has 0 saturated carbocycles. The van der Waals surface area contributed by atoms with Crippen LogP contribution in [-0.4, -0.2) is 31.6 Å². The minimum atomic E-state index is 0.394. The Bertz CT molecular complexity index is 428. The van der Waals surface area contributed by atoms with Crippen molar-refractivity contribution in [2.24, 2.45) is 5.92 Å². The van der Waals surface area contributed by atoms with Crippen molar-refractivity contribution in [3.8, 4) is 0 Å². The third kappa shape index (κ3) is 5.12. The minimum Gasteiger partial charge on any atom is -0.312 e. The molecule has 0 aliphatic rings. The maximum absolute atomic E-state index is 3.52. The van der Waals surface area contributed by atoms with Crippen LogP contribution in [0.1, 0.15) is 55.5 Å². The van der Waals surface area contributed by atoms with E-state index in [-0.39, 0.29) is 0 Å². The molecule has 2 heteroatoms. The second kappa shape index (κ2) is 7.95. The molecule has 0 fully saturated rings. The molecule has 0 aliphatic heterocycles. The van der Waals surface area contributed by atoms with Crippen molar-refractivity contribution in [1.29, 1.82) is 0 Å². The Morgan fingerprint density at radius 2 is 1.57 bits per heavy atom. The third-order valence-electron chi connectivity index (χ3n) is 4.47. The molecule has 1 rings (SSSR count). The van der Waals surface area contributed by atoms with Crippen LogP contribution in [0.2, 0.25) is 0 Å². The molecule has 1 aromatic rings. The second-order valence-corrected chi connectivity index (χ2v) is 7.07. The first kappa shape index (κ1) is 18.2.